The lowest BCUT2D eigenvalue weighted by Crippen LogP contribution is -2.31. The largest absolute Gasteiger partial charge is 0.478 e. The van der Waals surface area contributed by atoms with Crippen LogP contribution in [0.3, 0.4) is 0 Å². The molecule has 0 aromatic carbocycles. The minimum atomic E-state index is -0.337. The number of hydrogen-bond donors (Lipinski definition) is 0. The highest BCUT2D eigenvalue weighted by atomic mass is 16.5. The van der Waals surface area contributed by atoms with E-state index in [9.17, 15) is 0 Å². The van der Waals surface area contributed by atoms with E-state index in [-0.39, 0.29) is 5.60 Å². The van der Waals surface area contributed by atoms with Crippen LogP contribution in [0.1, 0.15) is 13.8 Å². The van der Waals surface area contributed by atoms with Crippen molar-refractivity contribution in [1.82, 2.24) is 10.2 Å². The van der Waals surface area contributed by atoms with Gasteiger partial charge in [-0.05, 0) is 13.8 Å². The summed E-state index contributed by atoms with van der Waals surface area (Å²) in [6, 6.07) is 1.76. The van der Waals surface area contributed by atoms with Crippen molar-refractivity contribution in [3.63, 3.8) is 0 Å². The Hall–Kier alpha value is -1.45. The molecular weight excluding hydrogens is 154 g/mol. The smallest absolute Gasteiger partial charge is 0.216 e. The number of hydrogen-bond acceptors (Lipinski definition) is 4. The summed E-state index contributed by atoms with van der Waals surface area (Å²) >= 11 is 0. The molecule has 1 aliphatic heterocycles. The molecule has 12 heavy (non-hydrogen) atoms. The quantitative estimate of drug-likeness (QED) is 0.580. The summed E-state index contributed by atoms with van der Waals surface area (Å²) < 4.78 is 5.57. The van der Waals surface area contributed by atoms with Gasteiger partial charge in [0.25, 0.3) is 0 Å². The molecule has 0 spiro atoms. The van der Waals surface area contributed by atoms with E-state index in [0.717, 1.165) is 0 Å². The highest BCUT2D eigenvalue weighted by molar-refractivity contribution is 5.74. The van der Waals surface area contributed by atoms with Gasteiger partial charge in [-0.3, -0.25) is 0 Å². The molecule has 0 saturated heterocycles. The molecule has 0 radical (unpaired) electrons. The predicted molar refractivity (Wildman–Crippen MR) is 44.9 cm³/mol. The normalized spacial score (nSPS) is 18.2. The van der Waals surface area contributed by atoms with Gasteiger partial charge in [-0.25, -0.2) is 4.99 Å². The van der Waals surface area contributed by atoms with Gasteiger partial charge >= 0.3 is 0 Å². The molecule has 62 valence electrons. The summed E-state index contributed by atoms with van der Waals surface area (Å²) in [5, 5.41) is 7.51. The fourth-order valence-corrected chi connectivity index (χ4v) is 1.01. The SMILES string of the molecule is CC1(C)C=Nc2nnccc2O1. The van der Waals surface area contributed by atoms with Gasteiger partial charge in [0, 0.05) is 12.3 Å². The van der Waals surface area contributed by atoms with Gasteiger partial charge in [-0.1, -0.05) is 0 Å². The van der Waals surface area contributed by atoms with Crippen molar-refractivity contribution >= 4 is 12.0 Å². The van der Waals surface area contributed by atoms with Gasteiger partial charge in [0.05, 0.1) is 6.20 Å². The van der Waals surface area contributed by atoms with E-state index in [1.54, 1.807) is 18.5 Å². The molecule has 1 aromatic heterocycles. The second-order valence-electron chi connectivity index (χ2n) is 3.18. The molecule has 0 fully saturated rings. The summed E-state index contributed by atoms with van der Waals surface area (Å²) in [5.74, 6) is 1.24. The van der Waals surface area contributed by atoms with Crippen LogP contribution in [0.5, 0.6) is 5.75 Å². The molecule has 0 aliphatic carbocycles. The summed E-state index contributed by atoms with van der Waals surface area (Å²) in [6.07, 6.45) is 3.32. The van der Waals surface area contributed by atoms with E-state index in [0.29, 0.717) is 11.6 Å². The van der Waals surface area contributed by atoms with Crippen LogP contribution in [-0.4, -0.2) is 22.0 Å². The van der Waals surface area contributed by atoms with E-state index in [2.05, 4.69) is 15.2 Å². The maximum Gasteiger partial charge on any atom is 0.216 e. The zero-order valence-electron chi connectivity index (χ0n) is 6.98. The average molecular weight is 163 g/mol. The molecule has 0 unspecified atom stereocenters. The van der Waals surface area contributed by atoms with Crippen LogP contribution in [0.2, 0.25) is 0 Å². The fraction of sp³-hybridized carbons (Fsp3) is 0.375. The number of aliphatic imine (C=N–C) groups is 1. The van der Waals surface area contributed by atoms with Gasteiger partial charge in [0.15, 0.2) is 5.75 Å². The Labute approximate surface area is 70.3 Å². The van der Waals surface area contributed by atoms with Gasteiger partial charge in [0.1, 0.15) is 5.60 Å². The van der Waals surface area contributed by atoms with E-state index < -0.39 is 0 Å². The molecular formula is C8H9N3O. The minimum absolute atomic E-state index is 0.337. The molecule has 1 aliphatic rings. The molecule has 2 rings (SSSR count). The molecule has 0 bridgehead atoms. The molecule has 4 heteroatoms. The highest BCUT2D eigenvalue weighted by Gasteiger charge is 2.23. The van der Waals surface area contributed by atoms with Crippen molar-refractivity contribution in [2.24, 2.45) is 4.99 Å². The molecule has 0 atom stereocenters. The van der Waals surface area contributed by atoms with E-state index in [4.69, 9.17) is 4.74 Å². The number of ether oxygens (including phenoxy) is 1. The average Bonchev–Trinajstić information content (AvgIpc) is 2.02. The topological polar surface area (TPSA) is 47.4 Å². The summed E-state index contributed by atoms with van der Waals surface area (Å²) in [6.45, 7) is 3.89. The Bertz CT molecular complexity index is 333. The van der Waals surface area contributed by atoms with Gasteiger partial charge < -0.3 is 4.74 Å². The Morgan fingerprint density at radius 1 is 1.42 bits per heavy atom. The third-order valence-electron chi connectivity index (χ3n) is 1.54. The first-order valence-electron chi connectivity index (χ1n) is 3.73. The van der Waals surface area contributed by atoms with Crippen LogP contribution in [0, 0.1) is 0 Å². The Morgan fingerprint density at radius 2 is 2.25 bits per heavy atom. The van der Waals surface area contributed by atoms with Crippen molar-refractivity contribution in [1.29, 1.82) is 0 Å². The van der Waals surface area contributed by atoms with Crippen LogP contribution < -0.4 is 4.74 Å². The number of aromatic nitrogens is 2. The lowest BCUT2D eigenvalue weighted by molar-refractivity contribution is 0.183. The lowest BCUT2D eigenvalue weighted by atomic mass is 10.1. The second kappa shape index (κ2) is 2.27. The minimum Gasteiger partial charge on any atom is -0.478 e. The Balaban J connectivity index is 2.46. The highest BCUT2D eigenvalue weighted by Crippen LogP contribution is 2.30. The number of rotatable bonds is 0. The molecule has 0 N–H and O–H groups in total. The molecule has 4 nitrogen and oxygen atoms in total. The van der Waals surface area contributed by atoms with Gasteiger partial charge in [-0.2, -0.15) is 5.10 Å². The number of fused-ring (bicyclic) bond motifs is 1. The van der Waals surface area contributed by atoms with Gasteiger partial charge in [0.2, 0.25) is 5.82 Å². The second-order valence-corrected chi connectivity index (χ2v) is 3.18. The zero-order chi connectivity index (χ0) is 8.60. The van der Waals surface area contributed by atoms with Crippen molar-refractivity contribution in [3.05, 3.63) is 12.3 Å². The Kier molecular flexibility index (Phi) is 1.36. The summed E-state index contributed by atoms with van der Waals surface area (Å²) in [5.41, 5.74) is -0.337. The van der Waals surface area contributed by atoms with Crippen molar-refractivity contribution in [3.8, 4) is 5.75 Å². The summed E-state index contributed by atoms with van der Waals surface area (Å²) in [7, 11) is 0. The Morgan fingerprint density at radius 3 is 3.08 bits per heavy atom. The zero-order valence-corrected chi connectivity index (χ0v) is 6.98. The van der Waals surface area contributed by atoms with Gasteiger partial charge in [-0.15, -0.1) is 5.10 Å². The van der Waals surface area contributed by atoms with Crippen LogP contribution in [0.15, 0.2) is 17.3 Å². The first-order chi connectivity index (χ1) is 5.67. The molecule has 2 heterocycles. The third-order valence-corrected chi connectivity index (χ3v) is 1.54. The van der Waals surface area contributed by atoms with Crippen molar-refractivity contribution < 1.29 is 4.74 Å². The first-order valence-corrected chi connectivity index (χ1v) is 3.73. The first kappa shape index (κ1) is 7.21. The maximum absolute atomic E-state index is 5.57. The number of nitrogens with zero attached hydrogens (tertiary/aromatic N) is 3. The lowest BCUT2D eigenvalue weighted by Gasteiger charge is -2.25. The van der Waals surface area contributed by atoms with E-state index in [1.165, 1.54) is 0 Å². The summed E-state index contributed by atoms with van der Waals surface area (Å²) in [4.78, 5) is 4.12. The van der Waals surface area contributed by atoms with Crippen LogP contribution in [0.25, 0.3) is 0 Å². The monoisotopic (exact) mass is 163 g/mol. The van der Waals surface area contributed by atoms with Crippen LogP contribution in [0.4, 0.5) is 5.82 Å². The predicted octanol–water partition coefficient (Wildman–Crippen LogP) is 1.35. The third kappa shape index (κ3) is 1.15. The molecule has 0 amide bonds. The van der Waals surface area contributed by atoms with E-state index >= 15 is 0 Å². The molecule has 0 saturated carbocycles. The van der Waals surface area contributed by atoms with Crippen molar-refractivity contribution in [2.45, 2.75) is 19.4 Å². The van der Waals surface area contributed by atoms with E-state index in [1.807, 2.05) is 13.8 Å². The maximum atomic E-state index is 5.57. The fourth-order valence-electron chi connectivity index (χ4n) is 1.01. The standard InChI is InChI=1S/C8H9N3O/c1-8(2)5-9-7-6(12-8)3-4-10-11-7/h3-5H,1-2H3. The molecule has 1 aromatic rings. The van der Waals surface area contributed by atoms with Crippen LogP contribution in [-0.2, 0) is 0 Å². The van der Waals surface area contributed by atoms with Crippen LogP contribution >= 0.6 is 0 Å². The van der Waals surface area contributed by atoms with Crippen molar-refractivity contribution in [2.75, 3.05) is 0 Å².